The quantitative estimate of drug-likeness (QED) is 0.767. The maximum atomic E-state index is 11.9. The number of rotatable bonds is 4. The molecule has 6 heteroatoms. The highest BCUT2D eigenvalue weighted by Crippen LogP contribution is 2.23. The van der Waals surface area contributed by atoms with E-state index >= 15 is 0 Å². The normalized spacial score (nSPS) is 11.6. The lowest BCUT2D eigenvalue weighted by atomic mass is 10.2. The molecule has 0 fully saturated rings. The maximum absolute atomic E-state index is 11.9. The molecule has 0 amide bonds. The number of pyridine rings is 1. The summed E-state index contributed by atoms with van der Waals surface area (Å²) in [5, 5.41) is 0. The van der Waals surface area contributed by atoms with E-state index in [2.05, 4.69) is 4.98 Å². The third-order valence-electron chi connectivity index (χ3n) is 1.87. The van der Waals surface area contributed by atoms with Crippen LogP contribution in [0.2, 0.25) is 0 Å². The summed E-state index contributed by atoms with van der Waals surface area (Å²) in [6.07, 6.45) is -3.68. The molecule has 1 aromatic rings. The van der Waals surface area contributed by atoms with E-state index < -0.39 is 19.2 Å². The second kappa shape index (κ2) is 5.39. The molecule has 0 N–H and O–H groups in total. The Bertz CT molecular complexity index is 354. The molecule has 0 saturated heterocycles. The number of aromatic nitrogens is 1. The highest BCUT2D eigenvalue weighted by Gasteiger charge is 2.26. The van der Waals surface area contributed by atoms with Gasteiger partial charge in [0.15, 0.2) is 0 Å². The number of halogens is 4. The average Bonchev–Trinajstić information content (AvgIpc) is 2.16. The summed E-state index contributed by atoms with van der Waals surface area (Å²) in [5.41, 5.74) is 1.27. The number of aryl methyl sites for hydroxylation is 1. The molecule has 90 valence electrons. The van der Waals surface area contributed by atoms with Crippen LogP contribution in [0.15, 0.2) is 12.3 Å². The Morgan fingerprint density at radius 3 is 2.69 bits per heavy atom. The molecule has 0 saturated carbocycles. The van der Waals surface area contributed by atoms with Crippen LogP contribution < -0.4 is 4.74 Å². The van der Waals surface area contributed by atoms with E-state index in [1.54, 1.807) is 13.0 Å². The first-order valence-corrected chi connectivity index (χ1v) is 5.17. The zero-order valence-corrected chi connectivity index (χ0v) is 9.40. The van der Waals surface area contributed by atoms with Gasteiger partial charge in [-0.2, -0.15) is 13.2 Å². The molecule has 0 bridgehead atoms. The molecule has 0 aliphatic heterocycles. The van der Waals surface area contributed by atoms with Crippen LogP contribution in [0.1, 0.15) is 17.7 Å². The van der Waals surface area contributed by atoms with Crippen molar-refractivity contribution in [2.24, 2.45) is 0 Å². The van der Waals surface area contributed by atoms with Gasteiger partial charge in [0, 0.05) is 23.5 Å². The Morgan fingerprint density at radius 1 is 1.44 bits per heavy atom. The lowest BCUT2D eigenvalue weighted by Gasteiger charge is -2.11. The monoisotopic (exact) mass is 253 g/mol. The maximum Gasteiger partial charge on any atom is 0.392 e. The predicted molar refractivity (Wildman–Crippen MR) is 54.7 cm³/mol. The van der Waals surface area contributed by atoms with E-state index in [0.29, 0.717) is 17.0 Å². The molecule has 0 atom stereocenters. The van der Waals surface area contributed by atoms with Gasteiger partial charge >= 0.3 is 6.18 Å². The van der Waals surface area contributed by atoms with Crippen molar-refractivity contribution in [1.29, 1.82) is 0 Å². The average molecular weight is 254 g/mol. The Hall–Kier alpha value is -0.970. The number of hydrogen-bond donors (Lipinski definition) is 0. The van der Waals surface area contributed by atoms with Crippen molar-refractivity contribution in [2.75, 3.05) is 6.61 Å². The predicted octanol–water partition coefficient (Wildman–Crippen LogP) is 3.46. The standard InChI is InChI=1S/C10H11ClF3NO/c1-7-4-9(8(5-11)6-15-7)16-3-2-10(12,13)14/h4,6H,2-3,5H2,1H3. The van der Waals surface area contributed by atoms with Crippen molar-refractivity contribution >= 4 is 11.6 Å². The summed E-state index contributed by atoms with van der Waals surface area (Å²) in [5.74, 6) is 0.529. The van der Waals surface area contributed by atoms with Crippen LogP contribution in [0, 0.1) is 6.92 Å². The second-order valence-corrected chi connectivity index (χ2v) is 3.55. The fraction of sp³-hybridized carbons (Fsp3) is 0.500. The van der Waals surface area contributed by atoms with Crippen molar-refractivity contribution in [1.82, 2.24) is 4.98 Å². The van der Waals surface area contributed by atoms with Crippen LogP contribution in [-0.4, -0.2) is 17.8 Å². The summed E-state index contributed by atoms with van der Waals surface area (Å²) in [7, 11) is 0. The van der Waals surface area contributed by atoms with Crippen molar-refractivity contribution in [3.8, 4) is 5.75 Å². The number of alkyl halides is 4. The molecule has 1 heterocycles. The molecule has 0 aliphatic carbocycles. The second-order valence-electron chi connectivity index (χ2n) is 3.28. The lowest BCUT2D eigenvalue weighted by molar-refractivity contribution is -0.139. The van der Waals surface area contributed by atoms with Crippen LogP contribution in [0.5, 0.6) is 5.75 Å². The highest BCUT2D eigenvalue weighted by atomic mass is 35.5. The Balaban J connectivity index is 2.62. The van der Waals surface area contributed by atoms with Gasteiger partial charge in [-0.25, -0.2) is 0 Å². The van der Waals surface area contributed by atoms with Crippen LogP contribution in [-0.2, 0) is 5.88 Å². The number of hydrogen-bond acceptors (Lipinski definition) is 2. The Morgan fingerprint density at radius 2 is 2.12 bits per heavy atom. The van der Waals surface area contributed by atoms with Crippen LogP contribution in [0.4, 0.5) is 13.2 Å². The SMILES string of the molecule is Cc1cc(OCCC(F)(F)F)c(CCl)cn1. The molecule has 1 aromatic heterocycles. The fourth-order valence-electron chi connectivity index (χ4n) is 1.07. The first kappa shape index (κ1) is 13.1. The summed E-state index contributed by atoms with van der Waals surface area (Å²) in [6, 6.07) is 1.58. The van der Waals surface area contributed by atoms with Gasteiger partial charge in [-0.1, -0.05) is 0 Å². The van der Waals surface area contributed by atoms with Crippen molar-refractivity contribution in [3.05, 3.63) is 23.5 Å². The largest absolute Gasteiger partial charge is 0.493 e. The molecule has 0 aromatic carbocycles. The molecule has 0 aliphatic rings. The highest BCUT2D eigenvalue weighted by molar-refractivity contribution is 6.17. The van der Waals surface area contributed by atoms with E-state index in [1.165, 1.54) is 6.20 Å². The minimum atomic E-state index is -4.21. The summed E-state index contributed by atoms with van der Waals surface area (Å²) >= 11 is 5.61. The Kier molecular flexibility index (Phi) is 4.41. The van der Waals surface area contributed by atoms with Crippen molar-refractivity contribution < 1.29 is 17.9 Å². The van der Waals surface area contributed by atoms with E-state index in [4.69, 9.17) is 16.3 Å². The number of nitrogens with zero attached hydrogens (tertiary/aromatic N) is 1. The topological polar surface area (TPSA) is 22.1 Å². The molecule has 1 rings (SSSR count). The van der Waals surface area contributed by atoms with Gasteiger partial charge in [-0.3, -0.25) is 4.98 Å². The molecule has 0 spiro atoms. The molecular formula is C10H11ClF3NO. The van der Waals surface area contributed by atoms with E-state index in [0.717, 1.165) is 0 Å². The third-order valence-corrected chi connectivity index (χ3v) is 2.16. The van der Waals surface area contributed by atoms with Crippen molar-refractivity contribution in [2.45, 2.75) is 25.4 Å². The Labute approximate surface area is 96.4 Å². The van der Waals surface area contributed by atoms with Gasteiger partial charge < -0.3 is 4.74 Å². The van der Waals surface area contributed by atoms with E-state index in [9.17, 15) is 13.2 Å². The molecule has 2 nitrogen and oxygen atoms in total. The van der Waals surface area contributed by atoms with E-state index in [-0.39, 0.29) is 5.88 Å². The zero-order chi connectivity index (χ0) is 12.2. The zero-order valence-electron chi connectivity index (χ0n) is 8.64. The molecular weight excluding hydrogens is 243 g/mol. The lowest BCUT2D eigenvalue weighted by Crippen LogP contribution is -2.13. The molecule has 16 heavy (non-hydrogen) atoms. The smallest absolute Gasteiger partial charge is 0.392 e. The van der Waals surface area contributed by atoms with E-state index in [1.807, 2.05) is 0 Å². The van der Waals surface area contributed by atoms with Gasteiger partial charge in [-0.15, -0.1) is 11.6 Å². The minimum Gasteiger partial charge on any atom is -0.493 e. The minimum absolute atomic E-state index is 0.161. The van der Waals surface area contributed by atoms with Crippen molar-refractivity contribution in [3.63, 3.8) is 0 Å². The fourth-order valence-corrected chi connectivity index (χ4v) is 1.28. The van der Waals surface area contributed by atoms with Gasteiger partial charge in [0.05, 0.1) is 18.9 Å². The van der Waals surface area contributed by atoms with Crippen LogP contribution >= 0.6 is 11.6 Å². The summed E-state index contributed by atoms with van der Waals surface area (Å²) < 4.78 is 40.7. The summed E-state index contributed by atoms with van der Waals surface area (Å²) in [4.78, 5) is 3.98. The summed E-state index contributed by atoms with van der Waals surface area (Å²) in [6.45, 7) is 1.32. The first-order chi connectivity index (χ1) is 7.42. The van der Waals surface area contributed by atoms with Gasteiger partial charge in [0.25, 0.3) is 0 Å². The van der Waals surface area contributed by atoms with Gasteiger partial charge in [-0.05, 0) is 6.92 Å². The first-order valence-electron chi connectivity index (χ1n) is 4.63. The molecule has 0 unspecified atom stereocenters. The third kappa shape index (κ3) is 4.26. The van der Waals surface area contributed by atoms with Crippen LogP contribution in [0.3, 0.4) is 0 Å². The van der Waals surface area contributed by atoms with Gasteiger partial charge in [0.1, 0.15) is 5.75 Å². The van der Waals surface area contributed by atoms with Crippen LogP contribution in [0.25, 0.3) is 0 Å². The van der Waals surface area contributed by atoms with Gasteiger partial charge in [0.2, 0.25) is 0 Å². The molecule has 0 radical (unpaired) electrons. The number of ether oxygens (including phenoxy) is 1.